The van der Waals surface area contributed by atoms with Crippen molar-refractivity contribution in [3.05, 3.63) is 52.8 Å². The molecule has 0 radical (unpaired) electrons. The Bertz CT molecular complexity index is 1270. The third-order valence-corrected chi connectivity index (χ3v) is 8.25. The van der Waals surface area contributed by atoms with Crippen molar-refractivity contribution in [2.24, 2.45) is 0 Å². The van der Waals surface area contributed by atoms with Crippen LogP contribution < -0.4 is 9.64 Å². The highest BCUT2D eigenvalue weighted by molar-refractivity contribution is 7.89. The Balaban J connectivity index is 1.45. The number of sulfonamides is 1. The number of allylic oxidation sites excluding steroid dienone is 1. The van der Waals surface area contributed by atoms with Gasteiger partial charge in [0.15, 0.2) is 16.6 Å². The van der Waals surface area contributed by atoms with Gasteiger partial charge in [0.05, 0.1) is 18.4 Å². The number of fused-ring (bicyclic) bond motifs is 1. The number of carbonyl (C=O) groups excluding carboxylic acids is 1. The van der Waals surface area contributed by atoms with Gasteiger partial charge in [-0.2, -0.15) is 8.42 Å². The monoisotopic (exact) mass is 500 g/mol. The van der Waals surface area contributed by atoms with Gasteiger partial charge >= 0.3 is 0 Å². The van der Waals surface area contributed by atoms with Crippen LogP contribution in [0.25, 0.3) is 5.76 Å². The largest absolute Gasteiger partial charge is 0.505 e. The molecular weight excluding hydrogens is 468 g/mol. The van der Waals surface area contributed by atoms with Crippen LogP contribution in [0.4, 0.5) is 5.69 Å². The predicted octanol–water partition coefficient (Wildman–Crippen LogP) is 2.74. The van der Waals surface area contributed by atoms with Crippen LogP contribution in [-0.4, -0.2) is 79.9 Å². The Hall–Kier alpha value is -3.11. The van der Waals surface area contributed by atoms with Crippen LogP contribution in [0.3, 0.4) is 0 Å². The van der Waals surface area contributed by atoms with Gasteiger partial charge in [-0.1, -0.05) is 12.1 Å². The maximum absolute atomic E-state index is 13.4. The molecular formula is C25H32N4O5S. The molecule has 0 saturated carbocycles. The number of carbonyl (C=O) groups is 1. The number of Topliss-reactive ketones (excluding diaryl/α,β-unsaturated/α-hetero) is 1. The average molecular weight is 501 g/mol. The number of aliphatic hydroxyl groups excluding tert-OH is 1. The van der Waals surface area contributed by atoms with Crippen molar-refractivity contribution in [2.45, 2.75) is 32.2 Å². The predicted molar refractivity (Wildman–Crippen MR) is 134 cm³/mol. The number of hydrogen-bond donors (Lipinski definition) is 1. The second kappa shape index (κ2) is 9.87. The summed E-state index contributed by atoms with van der Waals surface area (Å²) in [5, 5.41) is 10.7. The standard InChI is InChI=1S/C25H32N4O5S/c1-17-16-18(2)26-25-22(17)24(31)23(19(3)30)29(35(25,32)33)11-7-10-27-12-14-28(15-13-27)20-8-5-6-9-21(20)34-4/h5-6,8-9,16,31H,7,10-15H2,1-4H3. The summed E-state index contributed by atoms with van der Waals surface area (Å²) >= 11 is 0. The average Bonchev–Trinajstić information content (AvgIpc) is 2.82. The summed E-state index contributed by atoms with van der Waals surface area (Å²) in [5.74, 6) is 0.0267. The number of nitrogens with zero attached hydrogens (tertiary/aromatic N) is 4. The van der Waals surface area contributed by atoms with Crippen molar-refractivity contribution in [1.82, 2.24) is 14.2 Å². The number of aromatic nitrogens is 1. The molecule has 0 bridgehead atoms. The molecule has 0 unspecified atom stereocenters. The molecule has 1 fully saturated rings. The van der Waals surface area contributed by atoms with Gasteiger partial charge in [-0.05, 0) is 44.0 Å². The van der Waals surface area contributed by atoms with Crippen LogP contribution in [0, 0.1) is 13.8 Å². The number of methoxy groups -OCH3 is 1. The summed E-state index contributed by atoms with van der Waals surface area (Å²) < 4.78 is 33.4. The van der Waals surface area contributed by atoms with Crippen molar-refractivity contribution in [2.75, 3.05) is 51.3 Å². The van der Waals surface area contributed by atoms with E-state index >= 15 is 0 Å². The van der Waals surface area contributed by atoms with Gasteiger partial charge in [-0.15, -0.1) is 0 Å². The number of benzene rings is 1. The summed E-state index contributed by atoms with van der Waals surface area (Å²) in [6.45, 7) is 8.76. The number of ether oxygens (including phenoxy) is 1. The fraction of sp³-hybridized carbons (Fsp3) is 0.440. The molecule has 0 atom stereocenters. The van der Waals surface area contributed by atoms with Crippen molar-refractivity contribution in [3.63, 3.8) is 0 Å². The zero-order chi connectivity index (χ0) is 25.3. The summed E-state index contributed by atoms with van der Waals surface area (Å²) in [5.41, 5.74) is 2.10. The summed E-state index contributed by atoms with van der Waals surface area (Å²) in [6.07, 6.45) is 0.512. The normalized spacial score (nSPS) is 17.9. The molecule has 10 heteroatoms. The number of hydrogen-bond acceptors (Lipinski definition) is 8. The Morgan fingerprint density at radius 3 is 2.46 bits per heavy atom. The van der Waals surface area contributed by atoms with E-state index < -0.39 is 15.8 Å². The smallest absolute Gasteiger partial charge is 0.282 e. The fourth-order valence-electron chi connectivity index (χ4n) is 4.85. The number of para-hydroxylation sites is 2. The lowest BCUT2D eigenvalue weighted by atomic mass is 10.1. The zero-order valence-electron chi connectivity index (χ0n) is 20.6. The van der Waals surface area contributed by atoms with Gasteiger partial charge in [0.1, 0.15) is 11.4 Å². The van der Waals surface area contributed by atoms with Crippen LogP contribution in [0.15, 0.2) is 41.1 Å². The van der Waals surface area contributed by atoms with Gasteiger partial charge in [0.25, 0.3) is 10.0 Å². The molecule has 188 valence electrons. The van der Waals surface area contributed by atoms with Gasteiger partial charge in [-0.3, -0.25) is 14.0 Å². The van der Waals surface area contributed by atoms with Gasteiger partial charge < -0.3 is 14.7 Å². The molecule has 35 heavy (non-hydrogen) atoms. The lowest BCUT2D eigenvalue weighted by molar-refractivity contribution is -0.114. The molecule has 0 spiro atoms. The van der Waals surface area contributed by atoms with Crippen LogP contribution >= 0.6 is 0 Å². The van der Waals surface area contributed by atoms with Crippen molar-refractivity contribution >= 4 is 27.3 Å². The third kappa shape index (κ3) is 4.72. The first-order valence-electron chi connectivity index (χ1n) is 11.7. The van der Waals surface area contributed by atoms with Crippen molar-refractivity contribution in [3.8, 4) is 5.75 Å². The molecule has 1 aromatic carbocycles. The molecule has 1 N–H and O–H groups in total. The van der Waals surface area contributed by atoms with E-state index in [0.717, 1.165) is 41.9 Å². The van der Waals surface area contributed by atoms with Gasteiger partial charge in [0.2, 0.25) is 0 Å². The number of ketones is 1. The first kappa shape index (κ1) is 25.0. The van der Waals surface area contributed by atoms with Crippen molar-refractivity contribution < 1.29 is 23.1 Å². The first-order chi connectivity index (χ1) is 16.6. The minimum Gasteiger partial charge on any atom is -0.505 e. The highest BCUT2D eigenvalue weighted by atomic mass is 32.2. The van der Waals surface area contributed by atoms with Crippen LogP contribution in [0.5, 0.6) is 5.75 Å². The molecule has 0 amide bonds. The first-order valence-corrected chi connectivity index (χ1v) is 13.1. The minimum atomic E-state index is -4.07. The molecule has 2 aliphatic heterocycles. The third-order valence-electron chi connectivity index (χ3n) is 6.52. The maximum Gasteiger partial charge on any atom is 0.282 e. The lowest BCUT2D eigenvalue weighted by Crippen LogP contribution is -2.47. The van der Waals surface area contributed by atoms with E-state index in [1.165, 1.54) is 6.92 Å². The van der Waals surface area contributed by atoms with Crippen LogP contribution in [-0.2, 0) is 14.8 Å². The Morgan fingerprint density at radius 2 is 1.80 bits per heavy atom. The van der Waals surface area contributed by atoms with Crippen molar-refractivity contribution in [1.29, 1.82) is 0 Å². The van der Waals surface area contributed by atoms with Gasteiger partial charge in [0, 0.05) is 51.9 Å². The molecule has 1 saturated heterocycles. The Labute approximate surface area is 206 Å². The fourth-order valence-corrected chi connectivity index (χ4v) is 6.66. The SMILES string of the molecule is COc1ccccc1N1CCN(CCCN2C(C(C)=O)=C(O)c3c(C)cc(C)nc3S2(=O)=O)CC1. The number of aliphatic hydroxyl groups is 1. The van der Waals surface area contributed by atoms with Gasteiger partial charge in [-0.25, -0.2) is 4.98 Å². The molecule has 4 rings (SSSR count). The molecule has 2 aromatic rings. The summed E-state index contributed by atoms with van der Waals surface area (Å²) in [7, 11) is -2.40. The summed E-state index contributed by atoms with van der Waals surface area (Å²) in [6, 6.07) is 9.64. The molecule has 9 nitrogen and oxygen atoms in total. The zero-order valence-corrected chi connectivity index (χ0v) is 21.4. The molecule has 0 aliphatic carbocycles. The Morgan fingerprint density at radius 1 is 1.11 bits per heavy atom. The van der Waals surface area contributed by atoms with E-state index in [2.05, 4.69) is 14.8 Å². The van der Waals surface area contributed by atoms with E-state index in [1.807, 2.05) is 24.3 Å². The number of piperazine rings is 1. The highest BCUT2D eigenvalue weighted by Gasteiger charge is 2.41. The van der Waals surface area contributed by atoms with Crippen LogP contribution in [0.2, 0.25) is 0 Å². The Kier molecular flexibility index (Phi) is 7.05. The van der Waals surface area contributed by atoms with E-state index in [-0.39, 0.29) is 28.6 Å². The lowest BCUT2D eigenvalue weighted by Gasteiger charge is -2.37. The molecule has 3 heterocycles. The van der Waals surface area contributed by atoms with Crippen LogP contribution in [0.1, 0.15) is 30.2 Å². The second-order valence-corrected chi connectivity index (χ2v) is 10.7. The van der Waals surface area contributed by atoms with E-state index in [0.29, 0.717) is 24.2 Å². The second-order valence-electron chi connectivity index (χ2n) is 8.95. The molecule has 2 aliphatic rings. The molecule has 1 aromatic heterocycles. The summed E-state index contributed by atoms with van der Waals surface area (Å²) in [4.78, 5) is 21.2. The van der Waals surface area contributed by atoms with E-state index in [9.17, 15) is 18.3 Å². The number of pyridine rings is 1. The number of rotatable bonds is 7. The topological polar surface area (TPSA) is 103 Å². The quantitative estimate of drug-likeness (QED) is 0.619. The maximum atomic E-state index is 13.4. The van der Waals surface area contributed by atoms with E-state index in [4.69, 9.17) is 4.74 Å². The number of aryl methyl sites for hydroxylation is 2. The number of anilines is 1. The van der Waals surface area contributed by atoms with E-state index in [1.54, 1.807) is 27.0 Å². The minimum absolute atomic E-state index is 0.0855. The highest BCUT2D eigenvalue weighted by Crippen LogP contribution is 2.37.